The van der Waals surface area contributed by atoms with E-state index in [-0.39, 0.29) is 28.7 Å². The highest BCUT2D eigenvalue weighted by atomic mass is 35.5. The zero-order valence-corrected chi connectivity index (χ0v) is 15.2. The minimum Gasteiger partial charge on any atom is -0.457 e. The Bertz CT molecular complexity index is 862. The van der Waals surface area contributed by atoms with Crippen LogP contribution in [-0.2, 0) is 20.7 Å². The molecule has 0 atom stereocenters. The molecule has 0 N–H and O–H groups in total. The first kappa shape index (κ1) is 19.0. The van der Waals surface area contributed by atoms with Crippen molar-refractivity contribution in [2.24, 2.45) is 0 Å². The summed E-state index contributed by atoms with van der Waals surface area (Å²) in [6.07, 6.45) is 0.999. The van der Waals surface area contributed by atoms with E-state index in [0.29, 0.717) is 18.5 Å². The second-order valence-corrected chi connectivity index (χ2v) is 6.56. The van der Waals surface area contributed by atoms with Crippen molar-refractivity contribution in [3.05, 3.63) is 64.4 Å². The van der Waals surface area contributed by atoms with Crippen molar-refractivity contribution in [2.75, 3.05) is 18.1 Å². The molecule has 2 aromatic carbocycles. The van der Waals surface area contributed by atoms with Crippen molar-refractivity contribution in [3.8, 4) is 0 Å². The minimum absolute atomic E-state index is 0.0382. The fraction of sp³-hybridized carbons (Fsp3) is 0.250. The third-order valence-corrected chi connectivity index (χ3v) is 4.68. The summed E-state index contributed by atoms with van der Waals surface area (Å²) >= 11 is 5.87. The molecule has 0 unspecified atom stereocenters. The summed E-state index contributed by atoms with van der Waals surface area (Å²) < 4.78 is 18.6. The lowest BCUT2D eigenvalue weighted by atomic mass is 10.1. The first-order chi connectivity index (χ1) is 13.0. The lowest BCUT2D eigenvalue weighted by Crippen LogP contribution is -2.23. The van der Waals surface area contributed by atoms with Gasteiger partial charge in [0.05, 0.1) is 6.42 Å². The predicted molar refractivity (Wildman–Crippen MR) is 98.4 cm³/mol. The van der Waals surface area contributed by atoms with Gasteiger partial charge in [-0.3, -0.25) is 14.4 Å². The standard InChI is InChI=1S/C20H17ClFNO4/c21-16-3-1-4-17(22)15(16)11-20(26)27-12-18(24)13-6-8-14(9-7-13)23-10-2-5-19(23)25/h1,3-4,6-9H,2,5,10-12H2. The van der Waals surface area contributed by atoms with Crippen LogP contribution < -0.4 is 4.90 Å². The van der Waals surface area contributed by atoms with E-state index in [1.54, 1.807) is 29.2 Å². The Balaban J connectivity index is 1.56. The van der Waals surface area contributed by atoms with Gasteiger partial charge in [-0.15, -0.1) is 0 Å². The number of carbonyl (C=O) groups is 3. The number of benzene rings is 2. The monoisotopic (exact) mass is 389 g/mol. The van der Waals surface area contributed by atoms with Crippen molar-refractivity contribution in [3.63, 3.8) is 0 Å². The minimum atomic E-state index is -0.741. The Hall–Kier alpha value is -2.73. The van der Waals surface area contributed by atoms with Crippen molar-refractivity contribution in [2.45, 2.75) is 19.3 Å². The van der Waals surface area contributed by atoms with E-state index in [0.717, 1.165) is 12.1 Å². The first-order valence-corrected chi connectivity index (χ1v) is 8.85. The molecule has 1 aliphatic heterocycles. The normalized spacial score (nSPS) is 13.7. The van der Waals surface area contributed by atoms with Gasteiger partial charge in [-0.05, 0) is 42.8 Å². The average Bonchev–Trinajstić information content (AvgIpc) is 3.09. The van der Waals surface area contributed by atoms with Gasteiger partial charge in [0, 0.05) is 34.8 Å². The molecule has 7 heteroatoms. The summed E-state index contributed by atoms with van der Waals surface area (Å²) in [5.74, 6) is -1.66. The number of ether oxygens (including phenoxy) is 1. The Morgan fingerprint density at radius 3 is 2.52 bits per heavy atom. The fourth-order valence-electron chi connectivity index (χ4n) is 2.87. The maximum Gasteiger partial charge on any atom is 0.310 e. The molecule has 3 rings (SSSR count). The van der Waals surface area contributed by atoms with E-state index in [4.69, 9.17) is 16.3 Å². The van der Waals surface area contributed by atoms with E-state index in [2.05, 4.69) is 0 Å². The second kappa shape index (κ2) is 8.31. The molecule has 1 saturated heterocycles. The van der Waals surface area contributed by atoms with Crippen molar-refractivity contribution >= 4 is 34.9 Å². The van der Waals surface area contributed by atoms with Crippen LogP contribution in [0.4, 0.5) is 10.1 Å². The van der Waals surface area contributed by atoms with E-state index >= 15 is 0 Å². The van der Waals surface area contributed by atoms with Crippen molar-refractivity contribution in [1.29, 1.82) is 0 Å². The molecular weight excluding hydrogens is 373 g/mol. The number of nitrogens with zero attached hydrogens (tertiary/aromatic N) is 1. The van der Waals surface area contributed by atoms with E-state index in [9.17, 15) is 18.8 Å². The van der Waals surface area contributed by atoms with Crippen LogP contribution >= 0.6 is 11.6 Å². The topological polar surface area (TPSA) is 63.7 Å². The fourth-order valence-corrected chi connectivity index (χ4v) is 3.10. The van der Waals surface area contributed by atoms with E-state index in [1.807, 2.05) is 0 Å². The summed E-state index contributed by atoms with van der Waals surface area (Å²) in [6.45, 7) is 0.218. The van der Waals surface area contributed by atoms with Crippen LogP contribution in [0.15, 0.2) is 42.5 Å². The molecule has 0 saturated carbocycles. The smallest absolute Gasteiger partial charge is 0.310 e. The van der Waals surface area contributed by atoms with Gasteiger partial charge in [0.1, 0.15) is 5.82 Å². The quantitative estimate of drug-likeness (QED) is 0.559. The van der Waals surface area contributed by atoms with Gasteiger partial charge < -0.3 is 9.64 Å². The lowest BCUT2D eigenvalue weighted by Gasteiger charge is -2.15. The SMILES string of the molecule is O=C(Cc1c(F)cccc1Cl)OCC(=O)c1ccc(N2CCCC2=O)cc1. The number of anilines is 1. The van der Waals surface area contributed by atoms with Gasteiger partial charge in [-0.1, -0.05) is 17.7 Å². The van der Waals surface area contributed by atoms with Crippen LogP contribution in [0.25, 0.3) is 0 Å². The number of amides is 1. The molecule has 2 aromatic rings. The maximum atomic E-state index is 13.7. The molecule has 0 aromatic heterocycles. The largest absolute Gasteiger partial charge is 0.457 e. The molecule has 0 radical (unpaired) electrons. The maximum absolute atomic E-state index is 13.7. The van der Waals surface area contributed by atoms with Gasteiger partial charge in [0.2, 0.25) is 5.91 Å². The van der Waals surface area contributed by atoms with Crippen molar-refractivity contribution < 1.29 is 23.5 Å². The Kier molecular flexibility index (Phi) is 5.86. The Morgan fingerprint density at radius 1 is 1.15 bits per heavy atom. The Labute approximate surface area is 160 Å². The number of rotatable bonds is 6. The molecule has 1 aliphatic rings. The molecule has 0 aliphatic carbocycles. The summed E-state index contributed by atoms with van der Waals surface area (Å²) in [4.78, 5) is 37.5. The molecule has 0 spiro atoms. The van der Waals surface area contributed by atoms with Gasteiger partial charge in [0.25, 0.3) is 0 Å². The number of hydrogen-bond donors (Lipinski definition) is 0. The molecule has 5 nitrogen and oxygen atoms in total. The average molecular weight is 390 g/mol. The van der Waals surface area contributed by atoms with Gasteiger partial charge in [-0.2, -0.15) is 0 Å². The molecule has 1 amide bonds. The van der Waals surface area contributed by atoms with Gasteiger partial charge >= 0.3 is 5.97 Å². The Morgan fingerprint density at radius 2 is 1.89 bits per heavy atom. The highest BCUT2D eigenvalue weighted by molar-refractivity contribution is 6.31. The molecule has 1 heterocycles. The van der Waals surface area contributed by atoms with Crippen LogP contribution in [-0.4, -0.2) is 30.8 Å². The zero-order valence-electron chi connectivity index (χ0n) is 14.4. The second-order valence-electron chi connectivity index (χ2n) is 6.16. The third kappa shape index (κ3) is 4.52. The lowest BCUT2D eigenvalue weighted by molar-refractivity contribution is -0.141. The number of halogens is 2. The molecular formula is C20H17ClFNO4. The first-order valence-electron chi connectivity index (χ1n) is 8.48. The summed E-state index contributed by atoms with van der Waals surface area (Å²) in [6, 6.07) is 10.7. The van der Waals surface area contributed by atoms with Gasteiger partial charge in [-0.25, -0.2) is 4.39 Å². The predicted octanol–water partition coefficient (Wildman–Crippen LogP) is 3.57. The van der Waals surface area contributed by atoms with Crippen LogP contribution in [0.2, 0.25) is 5.02 Å². The number of Topliss-reactive ketones (excluding diaryl/α,β-unsaturated/α-hetero) is 1. The summed E-state index contributed by atoms with van der Waals surface area (Å²) in [5, 5.41) is 0.130. The van der Waals surface area contributed by atoms with Crippen molar-refractivity contribution in [1.82, 2.24) is 0 Å². The third-order valence-electron chi connectivity index (χ3n) is 4.32. The number of hydrogen-bond acceptors (Lipinski definition) is 4. The molecule has 27 heavy (non-hydrogen) atoms. The number of carbonyl (C=O) groups excluding carboxylic acids is 3. The highest BCUT2D eigenvalue weighted by Crippen LogP contribution is 2.22. The van der Waals surface area contributed by atoms with E-state index < -0.39 is 18.4 Å². The van der Waals surface area contributed by atoms with Crippen LogP contribution in [0.3, 0.4) is 0 Å². The highest BCUT2D eigenvalue weighted by Gasteiger charge is 2.22. The summed E-state index contributed by atoms with van der Waals surface area (Å²) in [7, 11) is 0. The molecule has 140 valence electrons. The van der Waals surface area contributed by atoms with Crippen LogP contribution in [0.1, 0.15) is 28.8 Å². The molecule has 0 bridgehead atoms. The zero-order chi connectivity index (χ0) is 19.4. The number of esters is 1. The van der Waals surface area contributed by atoms with Crippen LogP contribution in [0.5, 0.6) is 0 Å². The van der Waals surface area contributed by atoms with Crippen LogP contribution in [0, 0.1) is 5.82 Å². The molecule has 1 fully saturated rings. The van der Waals surface area contributed by atoms with Gasteiger partial charge in [0.15, 0.2) is 12.4 Å². The summed E-state index contributed by atoms with van der Waals surface area (Å²) in [5.41, 5.74) is 1.14. The number of ketones is 1. The van der Waals surface area contributed by atoms with E-state index in [1.165, 1.54) is 18.2 Å².